The van der Waals surface area contributed by atoms with E-state index in [2.05, 4.69) is 10.6 Å². The summed E-state index contributed by atoms with van der Waals surface area (Å²) in [6, 6.07) is 15.7. The first-order chi connectivity index (χ1) is 18.9. The second-order valence-corrected chi connectivity index (χ2v) is 11.2. The number of hydrogen-bond donors (Lipinski definition) is 3. The molecule has 39 heavy (non-hydrogen) atoms. The number of hydrogen-bond acceptors (Lipinski definition) is 5. The molecule has 2 aromatic rings. The number of ether oxygens (including phenoxy) is 1. The second kappa shape index (κ2) is 11.3. The summed E-state index contributed by atoms with van der Waals surface area (Å²) in [5.41, 5.74) is -0.459. The fourth-order valence-corrected chi connectivity index (χ4v) is 7.07. The van der Waals surface area contributed by atoms with Gasteiger partial charge in [0.05, 0.1) is 28.1 Å². The number of carbonyl (C=O) groups excluding carboxylic acids is 3. The van der Waals surface area contributed by atoms with Crippen molar-refractivity contribution in [3.63, 3.8) is 0 Å². The van der Waals surface area contributed by atoms with Crippen molar-refractivity contribution in [2.45, 2.75) is 69.2 Å². The van der Waals surface area contributed by atoms with Gasteiger partial charge in [0, 0.05) is 19.7 Å². The second-order valence-electron chi connectivity index (χ2n) is 10.8. The Morgan fingerprint density at radius 2 is 1.79 bits per heavy atom. The molecule has 1 spiro atoms. The fourth-order valence-electron chi connectivity index (χ4n) is 6.89. The van der Waals surface area contributed by atoms with Gasteiger partial charge in [0.25, 0.3) is 0 Å². The van der Waals surface area contributed by atoms with E-state index in [0.717, 1.165) is 12.0 Å². The number of halogens is 1. The summed E-state index contributed by atoms with van der Waals surface area (Å²) in [5, 5.41) is 15.6. The predicted molar refractivity (Wildman–Crippen MR) is 148 cm³/mol. The minimum Gasteiger partial charge on any atom is -0.396 e. The van der Waals surface area contributed by atoms with E-state index in [1.54, 1.807) is 29.2 Å². The van der Waals surface area contributed by atoms with Gasteiger partial charge in [-0.3, -0.25) is 14.4 Å². The molecule has 0 aromatic heterocycles. The average molecular weight is 554 g/mol. The number of amides is 3. The first-order valence-corrected chi connectivity index (χ1v) is 14.2. The SMILES string of the molecule is CC[C@]12CCC3(O1)C(C(=O)Nc1ccccc1Cl)N(CCCCCO)C(=O)[C@@H]3[C@H]2C(=O)NCc1ccccc1. The molecule has 0 saturated carbocycles. The van der Waals surface area contributed by atoms with E-state index in [4.69, 9.17) is 16.3 Å². The van der Waals surface area contributed by atoms with Crippen LogP contribution in [0.1, 0.15) is 51.0 Å². The molecule has 0 radical (unpaired) electrons. The molecule has 3 aliphatic heterocycles. The van der Waals surface area contributed by atoms with E-state index in [-0.39, 0.29) is 24.3 Å². The van der Waals surface area contributed by atoms with Gasteiger partial charge in [0.2, 0.25) is 17.7 Å². The Labute approximate surface area is 234 Å². The minimum atomic E-state index is -1.09. The Morgan fingerprint density at radius 3 is 2.51 bits per heavy atom. The Hall–Kier alpha value is -2.94. The quantitative estimate of drug-likeness (QED) is 0.366. The maximum Gasteiger partial charge on any atom is 0.250 e. The summed E-state index contributed by atoms with van der Waals surface area (Å²) in [4.78, 5) is 43.4. The number of likely N-dealkylation sites (tertiary alicyclic amines) is 1. The molecule has 0 aliphatic carbocycles. The number of nitrogens with zero attached hydrogens (tertiary/aromatic N) is 1. The number of aliphatic hydroxyl groups is 1. The van der Waals surface area contributed by atoms with Crippen LogP contribution in [0, 0.1) is 11.8 Å². The van der Waals surface area contributed by atoms with Crippen molar-refractivity contribution in [2.24, 2.45) is 11.8 Å². The Balaban J connectivity index is 1.46. The molecule has 2 unspecified atom stereocenters. The van der Waals surface area contributed by atoms with Gasteiger partial charge in [-0.05, 0) is 56.2 Å². The van der Waals surface area contributed by atoms with Gasteiger partial charge >= 0.3 is 0 Å². The maximum atomic E-state index is 14.1. The van der Waals surface area contributed by atoms with E-state index in [0.29, 0.717) is 55.9 Å². The molecule has 3 aliphatic rings. The van der Waals surface area contributed by atoms with Crippen molar-refractivity contribution in [1.82, 2.24) is 10.2 Å². The molecular weight excluding hydrogens is 518 g/mol. The number of para-hydroxylation sites is 1. The van der Waals surface area contributed by atoms with Crippen LogP contribution >= 0.6 is 11.6 Å². The maximum absolute atomic E-state index is 14.1. The summed E-state index contributed by atoms with van der Waals surface area (Å²) >= 11 is 6.34. The highest BCUT2D eigenvalue weighted by molar-refractivity contribution is 6.33. The molecule has 8 nitrogen and oxygen atoms in total. The van der Waals surface area contributed by atoms with Gasteiger partial charge in [0.1, 0.15) is 11.6 Å². The van der Waals surface area contributed by atoms with E-state index >= 15 is 0 Å². The van der Waals surface area contributed by atoms with E-state index < -0.39 is 29.1 Å². The molecule has 3 fully saturated rings. The highest BCUT2D eigenvalue weighted by Gasteiger charge is 2.78. The highest BCUT2D eigenvalue weighted by atomic mass is 35.5. The van der Waals surface area contributed by atoms with Crippen LogP contribution in [0.3, 0.4) is 0 Å². The van der Waals surface area contributed by atoms with Gasteiger partial charge in [0.15, 0.2) is 0 Å². The molecule has 9 heteroatoms. The minimum absolute atomic E-state index is 0.0721. The Bertz CT molecular complexity index is 1230. The monoisotopic (exact) mass is 553 g/mol. The van der Waals surface area contributed by atoms with Crippen LogP contribution in [0.2, 0.25) is 5.02 Å². The van der Waals surface area contributed by atoms with E-state index in [1.807, 2.05) is 37.3 Å². The zero-order valence-corrected chi connectivity index (χ0v) is 23.0. The van der Waals surface area contributed by atoms with Crippen LogP contribution in [-0.2, 0) is 25.7 Å². The zero-order valence-electron chi connectivity index (χ0n) is 22.2. The first kappa shape index (κ1) is 27.6. The predicted octanol–water partition coefficient (Wildman–Crippen LogP) is 3.91. The summed E-state index contributed by atoms with van der Waals surface area (Å²) in [6.07, 6.45) is 3.66. The summed E-state index contributed by atoms with van der Waals surface area (Å²) in [6.45, 7) is 2.75. The number of carbonyl (C=O) groups is 3. The van der Waals surface area contributed by atoms with Crippen LogP contribution in [0.25, 0.3) is 0 Å². The molecule has 2 bridgehead atoms. The topological polar surface area (TPSA) is 108 Å². The molecule has 3 heterocycles. The number of nitrogens with one attached hydrogen (secondary N) is 2. The van der Waals surface area contributed by atoms with Crippen LogP contribution in [0.4, 0.5) is 5.69 Å². The molecule has 3 amide bonds. The van der Waals surface area contributed by atoms with E-state index in [1.165, 1.54) is 0 Å². The van der Waals surface area contributed by atoms with Crippen molar-refractivity contribution in [3.8, 4) is 0 Å². The van der Waals surface area contributed by atoms with Crippen LogP contribution in [0.15, 0.2) is 54.6 Å². The molecule has 5 rings (SSSR count). The summed E-state index contributed by atoms with van der Waals surface area (Å²) in [7, 11) is 0. The smallest absolute Gasteiger partial charge is 0.250 e. The molecule has 2 aromatic carbocycles. The van der Waals surface area contributed by atoms with Gasteiger partial charge < -0.3 is 25.4 Å². The molecule has 3 saturated heterocycles. The molecule has 208 valence electrons. The summed E-state index contributed by atoms with van der Waals surface area (Å²) in [5.74, 6) is -2.23. The zero-order chi connectivity index (χ0) is 27.6. The highest BCUT2D eigenvalue weighted by Crippen LogP contribution is 2.64. The standard InChI is InChI=1S/C30H36ClN3O5/c1-2-29-15-16-30(39-29)24(23(29)26(36)32-19-20-11-5-3-6-12-20)28(38)34(17-9-4-10-18-35)25(30)27(37)33-22-14-8-7-13-21(22)31/h3,5-8,11-14,23-25,35H,2,4,9-10,15-19H2,1H3,(H,32,36)(H,33,37)/t23-,24-,25?,29+,30?/m0/s1. The number of rotatable bonds is 11. The Morgan fingerprint density at radius 1 is 1.05 bits per heavy atom. The van der Waals surface area contributed by atoms with Crippen molar-refractivity contribution in [3.05, 3.63) is 65.2 Å². The summed E-state index contributed by atoms with van der Waals surface area (Å²) < 4.78 is 6.78. The van der Waals surface area contributed by atoms with Crippen LogP contribution in [0.5, 0.6) is 0 Å². The molecular formula is C30H36ClN3O5. The number of benzene rings is 2. The lowest BCUT2D eigenvalue weighted by atomic mass is 9.65. The van der Waals surface area contributed by atoms with Crippen LogP contribution < -0.4 is 10.6 Å². The first-order valence-electron chi connectivity index (χ1n) is 13.9. The normalized spacial score (nSPS) is 28.9. The van der Waals surface area contributed by atoms with Gasteiger partial charge in [-0.1, -0.05) is 61.0 Å². The van der Waals surface area contributed by atoms with Crippen molar-refractivity contribution in [1.29, 1.82) is 0 Å². The molecule has 3 N–H and O–H groups in total. The third-order valence-corrected chi connectivity index (χ3v) is 9.04. The number of fused-ring (bicyclic) bond motifs is 1. The van der Waals surface area contributed by atoms with Crippen molar-refractivity contribution in [2.75, 3.05) is 18.5 Å². The fraction of sp³-hybridized carbons (Fsp3) is 0.500. The molecule has 5 atom stereocenters. The number of aliphatic hydroxyl groups excluding tert-OH is 1. The third kappa shape index (κ3) is 4.83. The van der Waals surface area contributed by atoms with Gasteiger partial charge in [-0.2, -0.15) is 0 Å². The van der Waals surface area contributed by atoms with E-state index in [9.17, 15) is 19.5 Å². The average Bonchev–Trinajstić information content (AvgIpc) is 3.55. The lowest BCUT2D eigenvalue weighted by Crippen LogP contribution is -2.53. The van der Waals surface area contributed by atoms with Crippen LogP contribution in [-0.4, -0.2) is 58.1 Å². The number of anilines is 1. The number of unbranched alkanes of at least 4 members (excludes halogenated alkanes) is 2. The van der Waals surface area contributed by atoms with Gasteiger partial charge in [-0.15, -0.1) is 0 Å². The van der Waals surface area contributed by atoms with Crippen molar-refractivity contribution < 1.29 is 24.2 Å². The lowest BCUT2D eigenvalue weighted by Gasteiger charge is -2.34. The van der Waals surface area contributed by atoms with Gasteiger partial charge in [-0.25, -0.2) is 0 Å². The lowest BCUT2D eigenvalue weighted by molar-refractivity contribution is -0.146. The third-order valence-electron chi connectivity index (χ3n) is 8.71. The van der Waals surface area contributed by atoms with Crippen molar-refractivity contribution >= 4 is 35.0 Å². The Kier molecular flexibility index (Phi) is 7.99. The largest absolute Gasteiger partial charge is 0.396 e.